The Balaban J connectivity index is 2.68. The predicted molar refractivity (Wildman–Crippen MR) is 65.7 cm³/mol. The van der Waals surface area contributed by atoms with Crippen LogP contribution in [0.4, 0.5) is 0 Å². The molecule has 1 aliphatic rings. The third-order valence-corrected chi connectivity index (χ3v) is 3.39. The summed E-state index contributed by atoms with van der Waals surface area (Å²) in [7, 11) is 0. The second-order valence-electron chi connectivity index (χ2n) is 3.29. The number of halogens is 2. The molecule has 0 spiro atoms. The number of hydrogen-bond donors (Lipinski definition) is 0. The first-order chi connectivity index (χ1) is 6.70. The summed E-state index contributed by atoms with van der Waals surface area (Å²) < 4.78 is 9.27. The summed E-state index contributed by atoms with van der Waals surface area (Å²) in [6.45, 7) is 0. The van der Waals surface area contributed by atoms with Gasteiger partial charge in [0.05, 0.1) is 11.8 Å². The molecule has 0 saturated heterocycles. The van der Waals surface area contributed by atoms with Gasteiger partial charge in [0.1, 0.15) is 0 Å². The van der Waals surface area contributed by atoms with Crippen molar-refractivity contribution in [2.24, 2.45) is 11.8 Å². The highest BCUT2D eigenvalue weighted by molar-refractivity contribution is 14.1. The SMILES string of the molecule is O=C(OI)C1CCCCC1C(=O)OI. The van der Waals surface area contributed by atoms with Crippen molar-refractivity contribution in [3.8, 4) is 0 Å². The Morgan fingerprint density at radius 3 is 1.57 bits per heavy atom. The largest absolute Gasteiger partial charge is 0.394 e. The maximum Gasteiger partial charge on any atom is 0.319 e. The van der Waals surface area contributed by atoms with E-state index in [1.54, 1.807) is 46.0 Å². The van der Waals surface area contributed by atoms with Crippen LogP contribution in [0.1, 0.15) is 25.7 Å². The lowest BCUT2D eigenvalue weighted by atomic mass is 9.79. The molecular weight excluding hydrogens is 414 g/mol. The van der Waals surface area contributed by atoms with Gasteiger partial charge < -0.3 is 6.13 Å². The lowest BCUT2D eigenvalue weighted by molar-refractivity contribution is -0.148. The average Bonchev–Trinajstić information content (AvgIpc) is 2.27. The number of carbonyl (C=O) groups is 2. The van der Waals surface area contributed by atoms with Gasteiger partial charge in [0.15, 0.2) is 46.0 Å². The van der Waals surface area contributed by atoms with Crippen molar-refractivity contribution >= 4 is 58.0 Å². The number of hydrogen-bond acceptors (Lipinski definition) is 4. The highest BCUT2D eigenvalue weighted by Crippen LogP contribution is 2.32. The molecule has 1 aliphatic carbocycles. The number of carbonyl (C=O) groups excluding carboxylic acids is 2. The van der Waals surface area contributed by atoms with Crippen LogP contribution >= 0.6 is 46.0 Å². The lowest BCUT2D eigenvalue weighted by Crippen LogP contribution is -2.32. The molecule has 6 heteroatoms. The Labute approximate surface area is 110 Å². The van der Waals surface area contributed by atoms with E-state index in [4.69, 9.17) is 0 Å². The summed E-state index contributed by atoms with van der Waals surface area (Å²) in [6.07, 6.45) is 3.39. The molecule has 1 saturated carbocycles. The molecule has 2 atom stereocenters. The number of rotatable bonds is 2. The molecule has 0 aromatic carbocycles. The summed E-state index contributed by atoms with van der Waals surface area (Å²) in [5, 5.41) is 0. The van der Waals surface area contributed by atoms with Crippen LogP contribution in [-0.4, -0.2) is 11.9 Å². The van der Waals surface area contributed by atoms with Crippen LogP contribution in [-0.2, 0) is 15.7 Å². The van der Waals surface area contributed by atoms with Gasteiger partial charge in [-0.3, -0.25) is 9.59 Å². The normalized spacial score (nSPS) is 26.7. The Bertz CT molecular complexity index is 207. The van der Waals surface area contributed by atoms with Crippen LogP contribution in [0.5, 0.6) is 0 Å². The van der Waals surface area contributed by atoms with Gasteiger partial charge in [-0.15, -0.1) is 0 Å². The summed E-state index contributed by atoms with van der Waals surface area (Å²) in [6, 6.07) is 0. The molecule has 0 amide bonds. The quantitative estimate of drug-likeness (QED) is 0.640. The first-order valence-electron chi connectivity index (χ1n) is 4.35. The van der Waals surface area contributed by atoms with E-state index in [0.717, 1.165) is 25.7 Å². The smallest absolute Gasteiger partial charge is 0.319 e. The highest BCUT2D eigenvalue weighted by atomic mass is 127. The molecule has 0 N–H and O–H groups in total. The molecule has 80 valence electrons. The average molecular weight is 424 g/mol. The first-order valence-corrected chi connectivity index (χ1v) is 6.11. The molecule has 0 aromatic rings. The van der Waals surface area contributed by atoms with Gasteiger partial charge >= 0.3 is 11.9 Å². The molecule has 0 aromatic heterocycles. The second kappa shape index (κ2) is 6.09. The van der Waals surface area contributed by atoms with Crippen LogP contribution in [0.25, 0.3) is 0 Å². The molecule has 0 bridgehead atoms. The van der Waals surface area contributed by atoms with E-state index in [0.29, 0.717) is 0 Å². The van der Waals surface area contributed by atoms with Crippen molar-refractivity contribution in [1.82, 2.24) is 0 Å². The van der Waals surface area contributed by atoms with Gasteiger partial charge in [-0.25, -0.2) is 0 Å². The fourth-order valence-corrected chi connectivity index (χ4v) is 2.46. The monoisotopic (exact) mass is 424 g/mol. The summed E-state index contributed by atoms with van der Waals surface area (Å²) in [5.74, 6) is -1.25. The zero-order chi connectivity index (χ0) is 10.6. The minimum Gasteiger partial charge on any atom is -0.394 e. The van der Waals surface area contributed by atoms with Crippen LogP contribution in [0.2, 0.25) is 0 Å². The van der Waals surface area contributed by atoms with Crippen molar-refractivity contribution in [2.45, 2.75) is 25.7 Å². The van der Waals surface area contributed by atoms with Crippen LogP contribution in [0.15, 0.2) is 0 Å². The molecule has 1 fully saturated rings. The van der Waals surface area contributed by atoms with E-state index in [2.05, 4.69) is 6.13 Å². The van der Waals surface area contributed by atoms with Crippen LogP contribution < -0.4 is 0 Å². The minimum atomic E-state index is -0.317. The molecule has 1 rings (SSSR count). The van der Waals surface area contributed by atoms with Crippen LogP contribution in [0.3, 0.4) is 0 Å². The third-order valence-electron chi connectivity index (χ3n) is 2.52. The Hall–Kier alpha value is 0.400. The van der Waals surface area contributed by atoms with E-state index >= 15 is 0 Å². The van der Waals surface area contributed by atoms with Gasteiger partial charge in [0.2, 0.25) is 0 Å². The van der Waals surface area contributed by atoms with E-state index < -0.39 is 0 Å². The van der Waals surface area contributed by atoms with Crippen molar-refractivity contribution in [1.29, 1.82) is 0 Å². The predicted octanol–water partition coefficient (Wildman–Crippen LogP) is 2.58. The van der Waals surface area contributed by atoms with Gasteiger partial charge in [0, 0.05) is 0 Å². The van der Waals surface area contributed by atoms with E-state index in [1.807, 2.05) is 0 Å². The Kier molecular flexibility index (Phi) is 5.42. The van der Waals surface area contributed by atoms with Gasteiger partial charge in [-0.1, -0.05) is 12.8 Å². The minimum absolute atomic E-state index is 0.308. The van der Waals surface area contributed by atoms with Crippen molar-refractivity contribution in [2.75, 3.05) is 0 Å². The molecule has 0 heterocycles. The van der Waals surface area contributed by atoms with Crippen molar-refractivity contribution in [3.05, 3.63) is 0 Å². The molecule has 0 aliphatic heterocycles. The van der Waals surface area contributed by atoms with E-state index in [1.165, 1.54) is 0 Å². The molecular formula is C8H10I2O4. The van der Waals surface area contributed by atoms with Gasteiger partial charge in [-0.2, -0.15) is 0 Å². The second-order valence-corrected chi connectivity index (χ2v) is 4.17. The fourth-order valence-electron chi connectivity index (χ4n) is 1.81. The fraction of sp³-hybridized carbons (Fsp3) is 0.750. The van der Waals surface area contributed by atoms with E-state index in [9.17, 15) is 9.59 Å². The Morgan fingerprint density at radius 2 is 1.29 bits per heavy atom. The maximum absolute atomic E-state index is 11.4. The Morgan fingerprint density at radius 1 is 0.929 bits per heavy atom. The summed E-state index contributed by atoms with van der Waals surface area (Å²) in [4.78, 5) is 22.7. The highest BCUT2D eigenvalue weighted by Gasteiger charge is 2.37. The molecule has 4 nitrogen and oxygen atoms in total. The first kappa shape index (κ1) is 12.5. The molecule has 2 unspecified atom stereocenters. The summed E-state index contributed by atoms with van der Waals surface area (Å²) in [5.41, 5.74) is 0. The molecule has 0 radical (unpaired) electrons. The standard InChI is InChI=1S/C8H10I2O4/c9-13-7(11)5-3-1-2-4-6(5)8(12)14-10/h5-6H,1-4H2. The van der Waals surface area contributed by atoms with E-state index in [-0.39, 0.29) is 23.8 Å². The lowest BCUT2D eigenvalue weighted by Gasteiger charge is -2.26. The van der Waals surface area contributed by atoms with Gasteiger partial charge in [-0.05, 0) is 12.8 Å². The zero-order valence-corrected chi connectivity index (χ0v) is 11.7. The summed E-state index contributed by atoms with van der Waals surface area (Å²) >= 11 is 3.12. The third kappa shape index (κ3) is 2.94. The van der Waals surface area contributed by atoms with Crippen molar-refractivity contribution in [3.63, 3.8) is 0 Å². The zero-order valence-electron chi connectivity index (χ0n) is 7.37. The topological polar surface area (TPSA) is 52.6 Å². The van der Waals surface area contributed by atoms with Gasteiger partial charge in [0.25, 0.3) is 0 Å². The van der Waals surface area contributed by atoms with Crippen molar-refractivity contribution < 1.29 is 15.7 Å². The maximum atomic E-state index is 11.4. The molecule has 14 heavy (non-hydrogen) atoms. The van der Waals surface area contributed by atoms with Crippen LogP contribution in [0, 0.1) is 11.8 Å².